The van der Waals surface area contributed by atoms with E-state index in [0.717, 1.165) is 6.07 Å². The van der Waals surface area contributed by atoms with E-state index in [2.05, 4.69) is 10.1 Å². The molecule has 3 nitrogen and oxygen atoms in total. The van der Waals surface area contributed by atoms with Gasteiger partial charge in [-0.1, -0.05) is 18.2 Å². The molecule has 1 fully saturated rings. The van der Waals surface area contributed by atoms with Crippen molar-refractivity contribution in [1.82, 2.24) is 10.2 Å². The van der Waals surface area contributed by atoms with Crippen LogP contribution in [0, 0.1) is 0 Å². The Balaban J connectivity index is 0.00000312. The van der Waals surface area contributed by atoms with Crippen LogP contribution in [0.5, 0.6) is 5.75 Å². The maximum Gasteiger partial charge on any atom is 0.573 e. The summed E-state index contributed by atoms with van der Waals surface area (Å²) in [5.41, 5.74) is 0.126. The molecule has 0 aliphatic carbocycles. The van der Waals surface area contributed by atoms with Gasteiger partial charge in [-0.05, 0) is 12.5 Å². The molecular weight excluding hydrogens is 374 g/mol. The lowest BCUT2D eigenvalue weighted by Crippen LogP contribution is -2.45. The number of nitrogens with zero attached hydrogens (tertiary/aromatic N) is 1. The Morgan fingerprint density at radius 3 is 2.20 bits per heavy atom. The van der Waals surface area contributed by atoms with Crippen molar-refractivity contribution < 1.29 is 31.1 Å². The lowest BCUT2D eigenvalue weighted by atomic mass is 9.98. The smallest absolute Gasteiger partial charge is 0.405 e. The maximum atomic E-state index is 12.6. The summed E-state index contributed by atoms with van der Waals surface area (Å²) < 4.78 is 79.6. The van der Waals surface area contributed by atoms with E-state index >= 15 is 0 Å². The Kier molecular flexibility index (Phi) is 7.83. The van der Waals surface area contributed by atoms with Gasteiger partial charge in [-0.2, -0.15) is 13.2 Å². The second-order valence-corrected chi connectivity index (χ2v) is 5.54. The van der Waals surface area contributed by atoms with E-state index in [4.69, 9.17) is 0 Å². The second kappa shape index (κ2) is 8.95. The summed E-state index contributed by atoms with van der Waals surface area (Å²) in [4.78, 5) is 1.76. The highest BCUT2D eigenvalue weighted by molar-refractivity contribution is 5.85. The van der Waals surface area contributed by atoms with E-state index in [-0.39, 0.29) is 24.4 Å². The zero-order valence-corrected chi connectivity index (χ0v) is 14.0. The van der Waals surface area contributed by atoms with Gasteiger partial charge in [0.2, 0.25) is 0 Å². The molecule has 0 unspecified atom stereocenters. The van der Waals surface area contributed by atoms with Crippen LogP contribution in [0.2, 0.25) is 0 Å². The van der Waals surface area contributed by atoms with Crippen LogP contribution in [0.25, 0.3) is 0 Å². The molecule has 1 saturated heterocycles. The molecule has 25 heavy (non-hydrogen) atoms. The normalized spacial score (nSPS) is 17.7. The predicted molar refractivity (Wildman–Crippen MR) is 82.8 cm³/mol. The van der Waals surface area contributed by atoms with Crippen molar-refractivity contribution in [3.8, 4) is 5.75 Å². The van der Waals surface area contributed by atoms with Crippen LogP contribution >= 0.6 is 12.4 Å². The van der Waals surface area contributed by atoms with Crippen LogP contribution in [-0.2, 0) is 0 Å². The summed E-state index contributed by atoms with van der Waals surface area (Å²) in [6.07, 6.45) is -10.6. The quantitative estimate of drug-likeness (QED) is 0.756. The maximum absolute atomic E-state index is 12.6. The average Bonchev–Trinajstić information content (AvgIpc) is 2.47. The molecule has 1 heterocycles. The van der Waals surface area contributed by atoms with Crippen molar-refractivity contribution in [2.24, 2.45) is 0 Å². The van der Waals surface area contributed by atoms with Crippen molar-refractivity contribution in [3.05, 3.63) is 29.8 Å². The van der Waals surface area contributed by atoms with E-state index in [0.29, 0.717) is 26.2 Å². The first kappa shape index (κ1) is 21.9. The summed E-state index contributed by atoms with van der Waals surface area (Å²) in [7, 11) is 0. The molecule has 0 bridgehead atoms. The summed E-state index contributed by atoms with van der Waals surface area (Å²) in [6.45, 7) is 2.07. The van der Waals surface area contributed by atoms with Crippen molar-refractivity contribution in [2.45, 2.75) is 31.4 Å². The number of rotatable bonds is 5. The zero-order chi connectivity index (χ0) is 17.8. The molecule has 1 N–H and O–H groups in total. The fourth-order valence-corrected chi connectivity index (χ4v) is 2.80. The van der Waals surface area contributed by atoms with Gasteiger partial charge in [0.1, 0.15) is 5.75 Å². The van der Waals surface area contributed by atoms with Crippen LogP contribution < -0.4 is 10.1 Å². The van der Waals surface area contributed by atoms with Gasteiger partial charge in [0.15, 0.2) is 0 Å². The molecule has 1 atom stereocenters. The second-order valence-electron chi connectivity index (χ2n) is 5.54. The van der Waals surface area contributed by atoms with Gasteiger partial charge >= 0.3 is 12.5 Å². The summed E-state index contributed by atoms with van der Waals surface area (Å²) in [5.74, 6) is -0.448. The van der Waals surface area contributed by atoms with E-state index in [9.17, 15) is 26.3 Å². The Labute approximate surface area is 147 Å². The number of para-hydroxylation sites is 1. The summed E-state index contributed by atoms with van der Waals surface area (Å²) in [6, 6.07) is 4.60. The van der Waals surface area contributed by atoms with Gasteiger partial charge in [0, 0.05) is 44.2 Å². The van der Waals surface area contributed by atoms with Crippen molar-refractivity contribution in [3.63, 3.8) is 0 Å². The average molecular weight is 393 g/mol. The molecule has 0 spiro atoms. The SMILES string of the molecule is Cl.FC(F)(F)CC[C@H](c1ccccc1OC(F)(F)F)N1CCNCC1. The third kappa shape index (κ3) is 7.29. The Bertz CT molecular complexity index is 531. The first-order chi connectivity index (χ1) is 11.2. The topological polar surface area (TPSA) is 24.5 Å². The monoisotopic (exact) mass is 392 g/mol. The fraction of sp³-hybridized carbons (Fsp3) is 0.600. The third-order valence-electron chi connectivity index (χ3n) is 3.80. The molecule has 1 aromatic rings. The van der Waals surface area contributed by atoms with Crippen LogP contribution in [0.1, 0.15) is 24.4 Å². The molecule has 1 aliphatic rings. The minimum absolute atomic E-state index is 0. The number of alkyl halides is 6. The lowest BCUT2D eigenvalue weighted by molar-refractivity contribution is -0.275. The highest BCUT2D eigenvalue weighted by atomic mass is 35.5. The molecule has 0 saturated carbocycles. The van der Waals surface area contributed by atoms with Crippen molar-refractivity contribution >= 4 is 12.4 Å². The Morgan fingerprint density at radius 1 is 1.04 bits per heavy atom. The molecule has 0 amide bonds. The largest absolute Gasteiger partial charge is 0.573 e. The molecule has 10 heteroatoms. The first-order valence-corrected chi connectivity index (χ1v) is 7.52. The molecule has 0 radical (unpaired) electrons. The number of benzene rings is 1. The van der Waals surface area contributed by atoms with Gasteiger partial charge in [-0.15, -0.1) is 25.6 Å². The van der Waals surface area contributed by atoms with E-state index in [1.807, 2.05) is 0 Å². The number of piperazine rings is 1. The number of ether oxygens (including phenoxy) is 1. The predicted octanol–water partition coefficient (Wildman–Crippen LogP) is 4.30. The summed E-state index contributed by atoms with van der Waals surface area (Å²) in [5, 5.41) is 3.07. The van der Waals surface area contributed by atoms with Gasteiger partial charge in [0.25, 0.3) is 0 Å². The van der Waals surface area contributed by atoms with Gasteiger partial charge in [-0.25, -0.2) is 0 Å². The lowest BCUT2D eigenvalue weighted by Gasteiger charge is -2.36. The van der Waals surface area contributed by atoms with Crippen LogP contribution in [0.3, 0.4) is 0 Å². The van der Waals surface area contributed by atoms with Gasteiger partial charge < -0.3 is 10.1 Å². The first-order valence-electron chi connectivity index (χ1n) is 7.52. The Morgan fingerprint density at radius 2 is 1.64 bits per heavy atom. The zero-order valence-electron chi connectivity index (χ0n) is 13.2. The fourth-order valence-electron chi connectivity index (χ4n) is 2.80. The highest BCUT2D eigenvalue weighted by Gasteiger charge is 2.35. The van der Waals surface area contributed by atoms with Gasteiger partial charge in [0.05, 0.1) is 0 Å². The Hall–Kier alpha value is -1.19. The number of halogens is 7. The van der Waals surface area contributed by atoms with E-state index in [1.54, 1.807) is 4.90 Å². The van der Waals surface area contributed by atoms with Crippen LogP contribution in [0.15, 0.2) is 24.3 Å². The van der Waals surface area contributed by atoms with Crippen LogP contribution in [0.4, 0.5) is 26.3 Å². The van der Waals surface area contributed by atoms with Gasteiger partial charge in [-0.3, -0.25) is 4.90 Å². The minimum Gasteiger partial charge on any atom is -0.405 e. The molecule has 2 rings (SSSR count). The number of hydrogen-bond acceptors (Lipinski definition) is 3. The number of hydrogen-bond donors (Lipinski definition) is 1. The minimum atomic E-state index is -4.89. The van der Waals surface area contributed by atoms with Crippen molar-refractivity contribution in [2.75, 3.05) is 26.2 Å². The van der Waals surface area contributed by atoms with Crippen molar-refractivity contribution in [1.29, 1.82) is 0 Å². The summed E-state index contributed by atoms with van der Waals surface area (Å²) >= 11 is 0. The standard InChI is InChI=1S/C15H18F6N2O.ClH/c16-14(17,18)6-5-12(23-9-7-22-8-10-23)11-3-1-2-4-13(11)24-15(19,20)21;/h1-4,12,22H,5-10H2;1H/t12-;/m1./s1. The molecule has 144 valence electrons. The number of nitrogens with one attached hydrogen (secondary N) is 1. The molecule has 0 aromatic heterocycles. The van der Waals surface area contributed by atoms with Crippen LogP contribution in [-0.4, -0.2) is 43.6 Å². The molecule has 1 aromatic carbocycles. The van der Waals surface area contributed by atoms with E-state index in [1.165, 1.54) is 18.2 Å². The molecule has 1 aliphatic heterocycles. The highest BCUT2D eigenvalue weighted by Crippen LogP contribution is 2.37. The van der Waals surface area contributed by atoms with E-state index < -0.39 is 30.8 Å². The molecular formula is C15H19ClF6N2O. The third-order valence-corrected chi connectivity index (χ3v) is 3.80.